The molecule has 1 aromatic rings. The normalized spacial score (nSPS) is 8.62. The summed E-state index contributed by atoms with van der Waals surface area (Å²) in [5.41, 5.74) is -0.340. The van der Waals surface area contributed by atoms with Gasteiger partial charge in [0.15, 0.2) is 0 Å². The van der Waals surface area contributed by atoms with Crippen molar-refractivity contribution < 1.29 is 13.2 Å². The minimum absolute atomic E-state index is 0.0113. The third-order valence-corrected chi connectivity index (χ3v) is 1.03. The Balaban J connectivity index is 0.000000671. The van der Waals surface area contributed by atoms with Gasteiger partial charge in [-0.1, -0.05) is 0 Å². The highest BCUT2D eigenvalue weighted by Gasteiger charge is 2.08. The molecule has 1 rings (SSSR count). The fraction of sp³-hybridized carbons (Fsp3) is 0.250. The monoisotopic (exact) mass is 188 g/mol. The van der Waals surface area contributed by atoms with E-state index in [4.69, 9.17) is 6.42 Å². The van der Waals surface area contributed by atoms with E-state index in [-0.39, 0.29) is 11.5 Å². The second-order valence-electron chi connectivity index (χ2n) is 1.75. The van der Waals surface area contributed by atoms with Crippen LogP contribution in [-0.2, 0) is 0 Å². The van der Waals surface area contributed by atoms with Gasteiger partial charge >= 0.3 is 0 Å². The van der Waals surface area contributed by atoms with Gasteiger partial charge < -0.3 is 0 Å². The summed E-state index contributed by atoms with van der Waals surface area (Å²) in [6, 6.07) is 1.13. The molecule has 0 aliphatic heterocycles. The Morgan fingerprint density at radius 3 is 2.54 bits per heavy atom. The van der Waals surface area contributed by atoms with Crippen LogP contribution in [0.3, 0.4) is 0 Å². The lowest BCUT2D eigenvalue weighted by atomic mass is 10.4. The van der Waals surface area contributed by atoms with Crippen molar-refractivity contribution in [1.82, 2.24) is 9.97 Å². The van der Waals surface area contributed by atoms with E-state index in [1.165, 1.54) is 6.20 Å². The predicted octanol–water partition coefficient (Wildman–Crippen LogP) is 1.98. The molecule has 0 bridgehead atoms. The van der Waals surface area contributed by atoms with Gasteiger partial charge in [0.2, 0.25) is 5.82 Å². The molecular formula is C8H7F3N2. The lowest BCUT2D eigenvalue weighted by Gasteiger charge is -1.96. The SMILES string of the molecule is C#Cc1nccc(C(F)F)n1.CF. The number of hydrogen-bond acceptors (Lipinski definition) is 2. The average Bonchev–Trinajstić information content (AvgIpc) is 2.21. The van der Waals surface area contributed by atoms with Crippen molar-refractivity contribution in [2.75, 3.05) is 7.18 Å². The summed E-state index contributed by atoms with van der Waals surface area (Å²) in [5, 5.41) is 0. The van der Waals surface area contributed by atoms with Crippen molar-refractivity contribution in [2.24, 2.45) is 0 Å². The first kappa shape index (κ1) is 11.4. The number of nitrogens with zero attached hydrogens (tertiary/aromatic N) is 2. The van der Waals surface area contributed by atoms with Crippen LogP contribution in [0, 0.1) is 12.3 Å². The Hall–Kier alpha value is -1.57. The van der Waals surface area contributed by atoms with E-state index in [0.29, 0.717) is 7.18 Å². The Kier molecular flexibility index (Phi) is 5.28. The van der Waals surface area contributed by atoms with Crippen molar-refractivity contribution in [3.63, 3.8) is 0 Å². The molecule has 0 saturated carbocycles. The quantitative estimate of drug-likeness (QED) is 0.630. The molecule has 0 amide bonds. The van der Waals surface area contributed by atoms with Gasteiger partial charge in [0.25, 0.3) is 6.43 Å². The number of halogens is 3. The Morgan fingerprint density at radius 1 is 1.46 bits per heavy atom. The van der Waals surface area contributed by atoms with E-state index in [1.54, 1.807) is 0 Å². The second kappa shape index (κ2) is 6.00. The number of terminal acetylenes is 1. The lowest BCUT2D eigenvalue weighted by Crippen LogP contribution is -1.94. The number of rotatable bonds is 1. The van der Waals surface area contributed by atoms with Crippen molar-refractivity contribution in [1.29, 1.82) is 0 Å². The zero-order valence-electron chi connectivity index (χ0n) is 6.84. The van der Waals surface area contributed by atoms with Crippen LogP contribution in [0.15, 0.2) is 12.3 Å². The van der Waals surface area contributed by atoms with E-state index in [9.17, 15) is 13.2 Å². The molecular weight excluding hydrogens is 181 g/mol. The van der Waals surface area contributed by atoms with Gasteiger partial charge in [0, 0.05) is 6.20 Å². The number of aromatic nitrogens is 2. The van der Waals surface area contributed by atoms with Crippen LogP contribution in [0.2, 0.25) is 0 Å². The fourth-order valence-electron chi connectivity index (χ4n) is 0.564. The molecule has 2 nitrogen and oxygen atoms in total. The van der Waals surface area contributed by atoms with E-state index >= 15 is 0 Å². The molecule has 70 valence electrons. The molecule has 1 aromatic heterocycles. The second-order valence-corrected chi connectivity index (χ2v) is 1.75. The van der Waals surface area contributed by atoms with E-state index < -0.39 is 6.43 Å². The summed E-state index contributed by atoms with van der Waals surface area (Å²) in [7, 11) is 0.500. The summed E-state index contributed by atoms with van der Waals surface area (Å²) in [4.78, 5) is 6.95. The third-order valence-electron chi connectivity index (χ3n) is 1.03. The molecule has 0 N–H and O–H groups in total. The van der Waals surface area contributed by atoms with Crippen molar-refractivity contribution in [3.8, 4) is 12.3 Å². The fourth-order valence-corrected chi connectivity index (χ4v) is 0.564. The Labute approximate surface area is 73.8 Å². The van der Waals surface area contributed by atoms with Gasteiger partial charge in [0.1, 0.15) is 5.69 Å². The highest BCUT2D eigenvalue weighted by atomic mass is 19.3. The Bertz CT molecular complexity index is 294. The van der Waals surface area contributed by atoms with Crippen LogP contribution in [-0.4, -0.2) is 17.1 Å². The molecule has 0 spiro atoms. The topological polar surface area (TPSA) is 25.8 Å². The summed E-state index contributed by atoms with van der Waals surface area (Å²) < 4.78 is 33.3. The predicted molar refractivity (Wildman–Crippen MR) is 42.0 cm³/mol. The van der Waals surface area contributed by atoms with Crippen molar-refractivity contribution in [2.45, 2.75) is 6.43 Å². The Morgan fingerprint density at radius 2 is 2.08 bits per heavy atom. The number of hydrogen-bond donors (Lipinski definition) is 0. The van der Waals surface area contributed by atoms with Crippen LogP contribution in [0.1, 0.15) is 17.9 Å². The molecule has 0 aliphatic rings. The van der Waals surface area contributed by atoms with E-state index in [1.807, 2.05) is 0 Å². The maximum Gasteiger partial charge on any atom is 0.280 e. The van der Waals surface area contributed by atoms with E-state index in [0.717, 1.165) is 6.07 Å². The number of alkyl halides is 3. The van der Waals surface area contributed by atoms with Gasteiger partial charge in [0.05, 0.1) is 7.18 Å². The molecule has 0 aromatic carbocycles. The minimum Gasteiger partial charge on any atom is -0.255 e. The zero-order valence-corrected chi connectivity index (χ0v) is 6.84. The molecule has 1 heterocycles. The van der Waals surface area contributed by atoms with Crippen LogP contribution in [0.4, 0.5) is 13.2 Å². The third kappa shape index (κ3) is 3.56. The average molecular weight is 188 g/mol. The molecule has 5 heteroatoms. The van der Waals surface area contributed by atoms with Crippen molar-refractivity contribution >= 4 is 0 Å². The molecule has 13 heavy (non-hydrogen) atoms. The van der Waals surface area contributed by atoms with E-state index in [2.05, 4.69) is 15.9 Å². The molecule has 0 radical (unpaired) electrons. The lowest BCUT2D eigenvalue weighted by molar-refractivity contribution is 0.146. The first-order chi connectivity index (χ1) is 6.24. The maximum absolute atomic E-state index is 11.9. The van der Waals surface area contributed by atoms with Crippen molar-refractivity contribution in [3.05, 3.63) is 23.8 Å². The summed E-state index contributed by atoms with van der Waals surface area (Å²) >= 11 is 0. The summed E-state index contributed by atoms with van der Waals surface area (Å²) in [6.45, 7) is 0. The summed E-state index contributed by atoms with van der Waals surface area (Å²) in [6.07, 6.45) is 3.52. The van der Waals surface area contributed by atoms with Gasteiger partial charge in [-0.15, -0.1) is 6.42 Å². The van der Waals surface area contributed by atoms with Gasteiger partial charge in [-0.3, -0.25) is 4.39 Å². The van der Waals surface area contributed by atoms with Crippen LogP contribution < -0.4 is 0 Å². The van der Waals surface area contributed by atoms with Crippen LogP contribution in [0.5, 0.6) is 0 Å². The molecule has 0 unspecified atom stereocenters. The highest BCUT2D eigenvalue weighted by molar-refractivity contribution is 5.17. The standard InChI is InChI=1S/C7H4F2N2.CH3F/c1-2-6-10-4-3-5(11-6)7(8)9;1-2/h1,3-4,7H;1H3. The smallest absolute Gasteiger partial charge is 0.255 e. The molecule has 0 fully saturated rings. The largest absolute Gasteiger partial charge is 0.280 e. The minimum atomic E-state index is -2.59. The maximum atomic E-state index is 11.9. The molecule has 0 saturated heterocycles. The zero-order chi connectivity index (χ0) is 10.3. The summed E-state index contributed by atoms with van der Waals surface area (Å²) in [5.74, 6) is 2.06. The van der Waals surface area contributed by atoms with Crippen LogP contribution in [0.25, 0.3) is 0 Å². The van der Waals surface area contributed by atoms with Gasteiger partial charge in [-0.2, -0.15) is 0 Å². The van der Waals surface area contributed by atoms with Gasteiger partial charge in [-0.25, -0.2) is 18.7 Å². The molecule has 0 aliphatic carbocycles. The first-order valence-corrected chi connectivity index (χ1v) is 3.19. The molecule has 0 atom stereocenters. The first-order valence-electron chi connectivity index (χ1n) is 3.19. The van der Waals surface area contributed by atoms with Crippen LogP contribution >= 0.6 is 0 Å². The van der Waals surface area contributed by atoms with Gasteiger partial charge in [-0.05, 0) is 12.0 Å². The highest BCUT2D eigenvalue weighted by Crippen LogP contribution is 2.14.